The molecule has 0 spiro atoms. The lowest BCUT2D eigenvalue weighted by Gasteiger charge is -2.22. The second kappa shape index (κ2) is 5.85. The fourth-order valence-corrected chi connectivity index (χ4v) is 2.78. The van der Waals surface area contributed by atoms with Crippen molar-refractivity contribution in [3.63, 3.8) is 0 Å². The Morgan fingerprint density at radius 2 is 2.00 bits per heavy atom. The molecule has 1 aromatic carbocycles. The molecule has 20 heavy (non-hydrogen) atoms. The summed E-state index contributed by atoms with van der Waals surface area (Å²) in [6, 6.07) is 7.65. The van der Waals surface area contributed by atoms with Gasteiger partial charge in [-0.1, -0.05) is 6.07 Å². The Labute approximate surface area is 119 Å². The van der Waals surface area contributed by atoms with Crippen molar-refractivity contribution in [3.05, 3.63) is 51.7 Å². The number of nitrogens with two attached hydrogens (primary N) is 1. The monoisotopic (exact) mass is 300 g/mol. The molecule has 2 nitrogen and oxygen atoms in total. The predicted octanol–water partition coefficient (Wildman–Crippen LogP) is 3.86. The van der Waals surface area contributed by atoms with Crippen LogP contribution in [0.15, 0.2) is 35.7 Å². The van der Waals surface area contributed by atoms with E-state index in [1.807, 2.05) is 29.5 Å². The van der Waals surface area contributed by atoms with E-state index in [4.69, 9.17) is 5.73 Å². The van der Waals surface area contributed by atoms with Gasteiger partial charge in [0.2, 0.25) is 0 Å². The number of hydrogen-bond acceptors (Lipinski definition) is 3. The van der Waals surface area contributed by atoms with E-state index in [1.54, 1.807) is 11.3 Å². The number of nitrogens with zero attached hydrogens (tertiary/aromatic N) is 1. The Balaban J connectivity index is 2.27. The number of hydrogen-bond donors (Lipinski definition) is 1. The second-order valence-corrected chi connectivity index (χ2v) is 5.51. The Bertz CT molecular complexity index is 564. The van der Waals surface area contributed by atoms with Crippen molar-refractivity contribution < 1.29 is 13.2 Å². The first kappa shape index (κ1) is 14.9. The summed E-state index contributed by atoms with van der Waals surface area (Å²) in [6.45, 7) is 0.726. The summed E-state index contributed by atoms with van der Waals surface area (Å²) < 4.78 is 38.1. The van der Waals surface area contributed by atoms with E-state index >= 15 is 0 Å². The molecule has 0 radical (unpaired) electrons. The fourth-order valence-electron chi connectivity index (χ4n) is 2.02. The molecule has 0 aliphatic carbocycles. The van der Waals surface area contributed by atoms with Gasteiger partial charge in [0.15, 0.2) is 0 Å². The summed E-state index contributed by atoms with van der Waals surface area (Å²) in [4.78, 5) is 3.06. The molecule has 0 atom stereocenters. The van der Waals surface area contributed by atoms with E-state index in [0.29, 0.717) is 12.1 Å². The van der Waals surface area contributed by atoms with Gasteiger partial charge in [0.05, 0.1) is 12.1 Å². The van der Waals surface area contributed by atoms with Crippen LogP contribution in [0.2, 0.25) is 0 Å². The molecule has 0 amide bonds. The van der Waals surface area contributed by atoms with Crippen molar-refractivity contribution >= 4 is 17.0 Å². The number of rotatable bonds is 4. The van der Waals surface area contributed by atoms with Gasteiger partial charge in [-0.3, -0.25) is 0 Å². The molecular formula is C14H15F3N2S. The van der Waals surface area contributed by atoms with Gasteiger partial charge in [-0.05, 0) is 35.2 Å². The minimum absolute atomic E-state index is 0.0774. The van der Waals surface area contributed by atoms with Gasteiger partial charge in [-0.15, -0.1) is 11.3 Å². The zero-order chi connectivity index (χ0) is 14.8. The smallest absolute Gasteiger partial charge is 0.369 e. The first-order chi connectivity index (χ1) is 9.41. The number of alkyl halides is 3. The first-order valence-corrected chi connectivity index (χ1v) is 6.93. The maximum atomic E-state index is 12.7. The molecule has 0 saturated heterocycles. The Kier molecular flexibility index (Phi) is 4.35. The van der Waals surface area contributed by atoms with E-state index in [0.717, 1.165) is 22.7 Å². The SMILES string of the molecule is CN(Cc1cccs1)c1ccc(C(F)(F)F)cc1CN. The van der Waals surface area contributed by atoms with Gasteiger partial charge < -0.3 is 10.6 Å². The maximum absolute atomic E-state index is 12.7. The lowest BCUT2D eigenvalue weighted by Crippen LogP contribution is -2.19. The average Bonchev–Trinajstić information content (AvgIpc) is 2.89. The summed E-state index contributed by atoms with van der Waals surface area (Å²) in [7, 11) is 1.85. The molecular weight excluding hydrogens is 285 g/mol. The third-order valence-corrected chi connectivity index (χ3v) is 3.87. The molecule has 0 aliphatic rings. The molecule has 0 unspecified atom stereocenters. The van der Waals surface area contributed by atoms with Gasteiger partial charge in [0.25, 0.3) is 0 Å². The largest absolute Gasteiger partial charge is 0.416 e. The van der Waals surface area contributed by atoms with Crippen molar-refractivity contribution in [1.29, 1.82) is 0 Å². The standard InChI is InChI=1S/C14H15F3N2S/c1-19(9-12-3-2-6-20-12)13-5-4-11(14(15,16)17)7-10(13)8-18/h2-7H,8-9,18H2,1H3. The van der Waals surface area contributed by atoms with Crippen LogP contribution in [0.1, 0.15) is 16.0 Å². The van der Waals surface area contributed by atoms with Crippen LogP contribution < -0.4 is 10.6 Å². The number of benzene rings is 1. The zero-order valence-electron chi connectivity index (χ0n) is 10.9. The molecule has 0 saturated carbocycles. The molecule has 2 aromatic rings. The molecule has 0 bridgehead atoms. The fraction of sp³-hybridized carbons (Fsp3) is 0.286. The van der Waals surface area contributed by atoms with Crippen LogP contribution in [0.5, 0.6) is 0 Å². The van der Waals surface area contributed by atoms with Crippen LogP contribution in [0.4, 0.5) is 18.9 Å². The van der Waals surface area contributed by atoms with Crippen LogP contribution in [0.3, 0.4) is 0 Å². The highest BCUT2D eigenvalue weighted by atomic mass is 32.1. The van der Waals surface area contributed by atoms with Crippen molar-refractivity contribution in [2.24, 2.45) is 5.73 Å². The van der Waals surface area contributed by atoms with Gasteiger partial charge in [0.1, 0.15) is 0 Å². The van der Waals surface area contributed by atoms with E-state index in [1.165, 1.54) is 6.07 Å². The lowest BCUT2D eigenvalue weighted by atomic mass is 10.1. The van der Waals surface area contributed by atoms with Crippen LogP contribution in [-0.4, -0.2) is 7.05 Å². The third-order valence-electron chi connectivity index (χ3n) is 3.01. The van der Waals surface area contributed by atoms with Crippen LogP contribution in [0.25, 0.3) is 0 Å². The maximum Gasteiger partial charge on any atom is 0.416 e. The predicted molar refractivity (Wildman–Crippen MR) is 75.8 cm³/mol. The highest BCUT2D eigenvalue weighted by Gasteiger charge is 2.31. The van der Waals surface area contributed by atoms with Gasteiger partial charge in [-0.25, -0.2) is 0 Å². The first-order valence-electron chi connectivity index (χ1n) is 6.05. The summed E-state index contributed by atoms with van der Waals surface area (Å²) >= 11 is 1.61. The van der Waals surface area contributed by atoms with Crippen molar-refractivity contribution in [2.45, 2.75) is 19.3 Å². The minimum Gasteiger partial charge on any atom is -0.369 e. The van der Waals surface area contributed by atoms with Gasteiger partial charge in [0, 0.05) is 24.2 Å². The average molecular weight is 300 g/mol. The van der Waals surface area contributed by atoms with Crippen molar-refractivity contribution in [1.82, 2.24) is 0 Å². The molecule has 2 rings (SSSR count). The van der Waals surface area contributed by atoms with E-state index in [-0.39, 0.29) is 6.54 Å². The van der Waals surface area contributed by atoms with Crippen LogP contribution >= 0.6 is 11.3 Å². The van der Waals surface area contributed by atoms with E-state index in [9.17, 15) is 13.2 Å². The van der Waals surface area contributed by atoms with Gasteiger partial charge in [-0.2, -0.15) is 13.2 Å². The summed E-state index contributed by atoms with van der Waals surface area (Å²) in [5.41, 5.74) is 6.15. The summed E-state index contributed by atoms with van der Waals surface area (Å²) in [5, 5.41) is 1.97. The number of anilines is 1. The third kappa shape index (κ3) is 3.32. The zero-order valence-corrected chi connectivity index (χ0v) is 11.8. The summed E-state index contributed by atoms with van der Waals surface area (Å²) in [5.74, 6) is 0. The normalized spacial score (nSPS) is 11.7. The van der Waals surface area contributed by atoms with Gasteiger partial charge >= 0.3 is 6.18 Å². The highest BCUT2D eigenvalue weighted by Crippen LogP contribution is 2.33. The van der Waals surface area contributed by atoms with Crippen molar-refractivity contribution in [2.75, 3.05) is 11.9 Å². The van der Waals surface area contributed by atoms with E-state index < -0.39 is 11.7 Å². The molecule has 6 heteroatoms. The Morgan fingerprint density at radius 3 is 2.55 bits per heavy atom. The highest BCUT2D eigenvalue weighted by molar-refractivity contribution is 7.09. The van der Waals surface area contributed by atoms with E-state index in [2.05, 4.69) is 0 Å². The Hall–Kier alpha value is -1.53. The Morgan fingerprint density at radius 1 is 1.25 bits per heavy atom. The second-order valence-electron chi connectivity index (χ2n) is 4.48. The minimum atomic E-state index is -4.34. The van der Waals surface area contributed by atoms with Crippen molar-refractivity contribution in [3.8, 4) is 0 Å². The quantitative estimate of drug-likeness (QED) is 0.929. The molecule has 1 aromatic heterocycles. The van der Waals surface area contributed by atoms with Crippen LogP contribution in [0, 0.1) is 0 Å². The molecule has 1 heterocycles. The van der Waals surface area contributed by atoms with Crippen LogP contribution in [-0.2, 0) is 19.3 Å². The molecule has 2 N–H and O–H groups in total. The number of thiophene rings is 1. The number of halogens is 3. The summed E-state index contributed by atoms with van der Waals surface area (Å²) in [6.07, 6.45) is -4.34. The lowest BCUT2D eigenvalue weighted by molar-refractivity contribution is -0.137. The molecule has 0 aliphatic heterocycles. The molecule has 108 valence electrons. The topological polar surface area (TPSA) is 29.3 Å². The molecule has 0 fully saturated rings.